The third kappa shape index (κ3) is 5.80. The first-order valence-corrected chi connectivity index (χ1v) is 12.9. The van der Waals surface area contributed by atoms with E-state index in [4.69, 9.17) is 0 Å². The Morgan fingerprint density at radius 2 is 1.54 bits per heavy atom. The first-order chi connectivity index (χ1) is 18.1. The molecule has 4 heteroatoms. The molecular weight excluding hydrogens is 454 g/mol. The topological polar surface area (TPSA) is 37.6 Å². The van der Waals surface area contributed by atoms with E-state index in [1.54, 1.807) is 0 Å². The lowest BCUT2D eigenvalue weighted by Crippen LogP contribution is -2.33. The summed E-state index contributed by atoms with van der Waals surface area (Å²) >= 11 is 0. The van der Waals surface area contributed by atoms with Crippen molar-refractivity contribution in [3.05, 3.63) is 143 Å². The quantitative estimate of drug-likeness (QED) is 0.231. The van der Waals surface area contributed by atoms with Crippen LogP contribution < -0.4 is 0 Å². The SMILES string of the molecule is Cc1ccn2c(C(CC(=O)N(CCc3ccccc3)Cc3ccccc3)c3ccccc3C)cnc2c1. The van der Waals surface area contributed by atoms with Gasteiger partial charge in [0.15, 0.2) is 0 Å². The Bertz CT molecular complexity index is 1470. The highest BCUT2D eigenvalue weighted by molar-refractivity contribution is 5.78. The van der Waals surface area contributed by atoms with Crippen LogP contribution in [0.2, 0.25) is 0 Å². The van der Waals surface area contributed by atoms with E-state index in [-0.39, 0.29) is 11.8 Å². The van der Waals surface area contributed by atoms with E-state index < -0.39 is 0 Å². The maximum Gasteiger partial charge on any atom is 0.223 e. The summed E-state index contributed by atoms with van der Waals surface area (Å²) in [4.78, 5) is 20.7. The van der Waals surface area contributed by atoms with Crippen LogP contribution in [0, 0.1) is 13.8 Å². The molecule has 0 saturated carbocycles. The number of pyridine rings is 1. The second-order valence-electron chi connectivity index (χ2n) is 9.77. The zero-order valence-electron chi connectivity index (χ0n) is 21.5. The van der Waals surface area contributed by atoms with Crippen molar-refractivity contribution in [3.63, 3.8) is 0 Å². The van der Waals surface area contributed by atoms with Gasteiger partial charge in [0, 0.05) is 37.8 Å². The Balaban J connectivity index is 1.47. The molecule has 0 aliphatic heterocycles. The highest BCUT2D eigenvalue weighted by atomic mass is 16.2. The lowest BCUT2D eigenvalue weighted by atomic mass is 9.89. The molecule has 0 N–H and O–H groups in total. The van der Waals surface area contributed by atoms with Gasteiger partial charge in [-0.15, -0.1) is 0 Å². The lowest BCUT2D eigenvalue weighted by molar-refractivity contribution is -0.132. The highest BCUT2D eigenvalue weighted by Gasteiger charge is 2.26. The standard InChI is InChI=1S/C33H33N3O/c1-25-17-20-36-31(23-34-32(36)21-25)30(29-16-10-9-11-26(29)2)22-33(37)35(24-28-14-7-4-8-15-28)19-18-27-12-5-3-6-13-27/h3-17,20-21,23,30H,18-19,22,24H2,1-2H3. The fourth-order valence-corrected chi connectivity index (χ4v) is 5.02. The van der Waals surface area contributed by atoms with Crippen LogP contribution in [0.25, 0.3) is 5.65 Å². The second kappa shape index (κ2) is 11.3. The second-order valence-corrected chi connectivity index (χ2v) is 9.77. The number of hydrogen-bond acceptors (Lipinski definition) is 2. The van der Waals surface area contributed by atoms with Gasteiger partial charge in [-0.05, 0) is 60.2 Å². The van der Waals surface area contributed by atoms with Crippen molar-refractivity contribution in [1.82, 2.24) is 14.3 Å². The monoisotopic (exact) mass is 487 g/mol. The van der Waals surface area contributed by atoms with Gasteiger partial charge in [-0.3, -0.25) is 4.79 Å². The van der Waals surface area contributed by atoms with Gasteiger partial charge in [-0.25, -0.2) is 4.98 Å². The molecule has 1 amide bonds. The van der Waals surface area contributed by atoms with Crippen molar-refractivity contribution < 1.29 is 4.79 Å². The summed E-state index contributed by atoms with van der Waals surface area (Å²) in [5.74, 6) is 0.0523. The molecule has 3 aromatic carbocycles. The van der Waals surface area contributed by atoms with Crippen LogP contribution in [0.5, 0.6) is 0 Å². The summed E-state index contributed by atoms with van der Waals surface area (Å²) in [6.45, 7) is 5.46. The molecule has 186 valence electrons. The average Bonchev–Trinajstić information content (AvgIpc) is 3.34. The third-order valence-electron chi connectivity index (χ3n) is 7.08. The lowest BCUT2D eigenvalue weighted by Gasteiger charge is -2.26. The van der Waals surface area contributed by atoms with Crippen LogP contribution in [0.3, 0.4) is 0 Å². The summed E-state index contributed by atoms with van der Waals surface area (Å²) in [6.07, 6.45) is 5.21. The van der Waals surface area contributed by atoms with Crippen LogP contribution in [0.15, 0.2) is 109 Å². The van der Waals surface area contributed by atoms with Crippen molar-refractivity contribution in [3.8, 4) is 0 Å². The maximum absolute atomic E-state index is 14.0. The summed E-state index contributed by atoms with van der Waals surface area (Å²) in [6, 6.07) is 33.2. The van der Waals surface area contributed by atoms with Gasteiger partial charge in [0.1, 0.15) is 5.65 Å². The molecule has 5 rings (SSSR count). The average molecular weight is 488 g/mol. The molecule has 0 radical (unpaired) electrons. The summed E-state index contributed by atoms with van der Waals surface area (Å²) in [5.41, 5.74) is 7.85. The number of carbonyl (C=O) groups is 1. The molecular formula is C33H33N3O. The smallest absolute Gasteiger partial charge is 0.223 e. The van der Waals surface area contributed by atoms with Crippen LogP contribution in [0.4, 0.5) is 0 Å². The first-order valence-electron chi connectivity index (χ1n) is 12.9. The number of carbonyl (C=O) groups excluding carboxylic acids is 1. The number of rotatable bonds is 9. The Hall–Kier alpha value is -4.18. The van der Waals surface area contributed by atoms with Gasteiger partial charge < -0.3 is 9.30 Å². The Morgan fingerprint density at radius 1 is 0.865 bits per heavy atom. The number of benzene rings is 3. The molecule has 4 nitrogen and oxygen atoms in total. The molecule has 0 aliphatic rings. The zero-order valence-corrected chi connectivity index (χ0v) is 21.5. The van der Waals surface area contributed by atoms with Gasteiger partial charge >= 0.3 is 0 Å². The normalized spacial score (nSPS) is 11.9. The van der Waals surface area contributed by atoms with Crippen molar-refractivity contribution in [2.24, 2.45) is 0 Å². The molecule has 2 aromatic heterocycles. The number of nitrogens with zero attached hydrogens (tertiary/aromatic N) is 3. The van der Waals surface area contributed by atoms with Gasteiger partial charge in [0.05, 0.1) is 5.69 Å². The fraction of sp³-hybridized carbons (Fsp3) is 0.212. The summed E-state index contributed by atoms with van der Waals surface area (Å²) < 4.78 is 2.13. The van der Waals surface area contributed by atoms with Crippen LogP contribution in [-0.4, -0.2) is 26.7 Å². The Kier molecular flexibility index (Phi) is 7.46. The van der Waals surface area contributed by atoms with Crippen LogP contribution >= 0.6 is 0 Å². The molecule has 0 saturated heterocycles. The largest absolute Gasteiger partial charge is 0.338 e. The third-order valence-corrected chi connectivity index (χ3v) is 7.08. The van der Waals surface area contributed by atoms with Crippen molar-refractivity contribution >= 4 is 11.6 Å². The van der Waals surface area contributed by atoms with Crippen molar-refractivity contribution in [2.45, 2.75) is 39.2 Å². The number of hydrogen-bond donors (Lipinski definition) is 0. The van der Waals surface area contributed by atoms with E-state index in [0.717, 1.165) is 23.3 Å². The zero-order chi connectivity index (χ0) is 25.6. The Morgan fingerprint density at radius 3 is 2.27 bits per heavy atom. The fourth-order valence-electron chi connectivity index (χ4n) is 5.02. The van der Waals surface area contributed by atoms with Crippen LogP contribution in [-0.2, 0) is 17.8 Å². The molecule has 5 aromatic rings. The van der Waals surface area contributed by atoms with Gasteiger partial charge in [-0.1, -0.05) is 84.9 Å². The highest BCUT2D eigenvalue weighted by Crippen LogP contribution is 2.32. The van der Waals surface area contributed by atoms with Crippen molar-refractivity contribution in [1.29, 1.82) is 0 Å². The van der Waals surface area contributed by atoms with E-state index in [1.165, 1.54) is 22.3 Å². The van der Waals surface area contributed by atoms with Gasteiger partial charge in [0.25, 0.3) is 0 Å². The number of aromatic nitrogens is 2. The van der Waals surface area contributed by atoms with E-state index in [9.17, 15) is 4.79 Å². The van der Waals surface area contributed by atoms with E-state index in [1.807, 2.05) is 35.4 Å². The molecule has 0 bridgehead atoms. The number of amides is 1. The molecule has 2 heterocycles. The van der Waals surface area contributed by atoms with Crippen LogP contribution in [0.1, 0.15) is 45.8 Å². The van der Waals surface area contributed by atoms with Crippen molar-refractivity contribution in [2.75, 3.05) is 6.54 Å². The molecule has 0 spiro atoms. The van der Waals surface area contributed by atoms with Gasteiger partial charge in [-0.2, -0.15) is 0 Å². The summed E-state index contributed by atoms with van der Waals surface area (Å²) in [5, 5.41) is 0. The predicted octanol–water partition coefficient (Wildman–Crippen LogP) is 6.74. The predicted molar refractivity (Wildman–Crippen MR) is 150 cm³/mol. The maximum atomic E-state index is 14.0. The van der Waals surface area contributed by atoms with Gasteiger partial charge in [0.2, 0.25) is 5.91 Å². The minimum atomic E-state index is -0.0959. The minimum Gasteiger partial charge on any atom is -0.338 e. The minimum absolute atomic E-state index is 0.0959. The van der Waals surface area contributed by atoms with E-state index >= 15 is 0 Å². The van der Waals surface area contributed by atoms with E-state index in [0.29, 0.717) is 19.5 Å². The molecule has 37 heavy (non-hydrogen) atoms. The number of aryl methyl sites for hydroxylation is 2. The summed E-state index contributed by atoms with van der Waals surface area (Å²) in [7, 11) is 0. The van der Waals surface area contributed by atoms with E-state index in [2.05, 4.69) is 102 Å². The molecule has 0 fully saturated rings. The first kappa shape index (κ1) is 24.5. The number of fused-ring (bicyclic) bond motifs is 1. The Labute approximate surface area is 219 Å². The molecule has 0 aliphatic carbocycles. The number of imidazole rings is 1. The molecule has 1 atom stereocenters. The molecule has 1 unspecified atom stereocenters.